The summed E-state index contributed by atoms with van der Waals surface area (Å²) in [6, 6.07) is 2.96. The number of benzene rings is 1. The molecule has 0 spiro atoms. The molecular formula is C60H91N5O12. The van der Waals surface area contributed by atoms with E-state index in [1.165, 1.54) is 30.1 Å². The summed E-state index contributed by atoms with van der Waals surface area (Å²) in [7, 11) is 0. The van der Waals surface area contributed by atoms with Crippen LogP contribution in [0.2, 0.25) is 0 Å². The van der Waals surface area contributed by atoms with Crippen molar-refractivity contribution in [2.24, 2.45) is 41.4 Å². The first kappa shape index (κ1) is 62.6. The average molecular weight is 1070 g/mol. The second kappa shape index (κ2) is 29.7. The van der Waals surface area contributed by atoms with E-state index >= 15 is 0 Å². The van der Waals surface area contributed by atoms with Gasteiger partial charge in [0.2, 0.25) is 17.7 Å². The number of rotatable bonds is 15. The Bertz CT molecular complexity index is 2280. The summed E-state index contributed by atoms with van der Waals surface area (Å²) in [5.74, 6) is -4.88. The monoisotopic (exact) mass is 1070 g/mol. The van der Waals surface area contributed by atoms with E-state index in [9.17, 15) is 49.2 Å². The summed E-state index contributed by atoms with van der Waals surface area (Å²) in [5.41, 5.74) is 3.57. The molecule has 77 heavy (non-hydrogen) atoms. The van der Waals surface area contributed by atoms with E-state index in [4.69, 9.17) is 9.47 Å². The van der Waals surface area contributed by atoms with Crippen LogP contribution in [0, 0.1) is 41.4 Å². The Labute approximate surface area is 457 Å². The fourth-order valence-corrected chi connectivity index (χ4v) is 11.1. The lowest BCUT2D eigenvalue weighted by atomic mass is 9.76. The molecule has 4 aliphatic rings. The van der Waals surface area contributed by atoms with Gasteiger partial charge in [0.25, 0.3) is 5.91 Å². The van der Waals surface area contributed by atoms with Crippen LogP contribution in [0.5, 0.6) is 5.75 Å². The van der Waals surface area contributed by atoms with Crippen molar-refractivity contribution in [3.05, 3.63) is 77.9 Å². The highest BCUT2D eigenvalue weighted by Crippen LogP contribution is 2.41. The number of carbonyl (C=O) groups is 6. The second-order valence-electron chi connectivity index (χ2n) is 23.0. The minimum absolute atomic E-state index is 0.00191. The highest BCUT2D eigenvalue weighted by Gasteiger charge is 2.47. The number of esters is 1. The summed E-state index contributed by atoms with van der Waals surface area (Å²) in [6.07, 6.45) is 15.6. The molecule has 17 heteroatoms. The quantitative estimate of drug-likeness (QED) is 0.0684. The molecule has 1 aromatic rings. The molecule has 2 bridgehead atoms. The van der Waals surface area contributed by atoms with Crippen molar-refractivity contribution in [2.75, 3.05) is 6.54 Å². The number of phenolic OH excluding ortho intramolecular Hbond substituents is 1. The topological polar surface area (TPSA) is 253 Å². The molecule has 1 aromatic carbocycles. The number of nitrogens with zero attached hydrogens (tertiary/aromatic N) is 1. The number of ether oxygens (including phenoxy) is 2. The largest absolute Gasteiger partial charge is 0.508 e. The predicted octanol–water partition coefficient (Wildman–Crippen LogP) is 6.58. The van der Waals surface area contributed by atoms with Crippen LogP contribution in [0.25, 0.3) is 0 Å². The van der Waals surface area contributed by atoms with Crippen LogP contribution in [-0.2, 0) is 44.7 Å². The average Bonchev–Trinajstić information content (AvgIpc) is 3.38. The van der Waals surface area contributed by atoms with E-state index in [-0.39, 0.29) is 79.4 Å². The molecule has 4 amide bonds. The number of aromatic hydroxyl groups is 1. The van der Waals surface area contributed by atoms with Gasteiger partial charge in [-0.1, -0.05) is 103 Å². The Morgan fingerprint density at radius 1 is 0.974 bits per heavy atom. The lowest BCUT2D eigenvalue weighted by Gasteiger charge is -2.48. The van der Waals surface area contributed by atoms with Gasteiger partial charge >= 0.3 is 5.97 Å². The molecule has 0 aliphatic carbocycles. The van der Waals surface area contributed by atoms with Gasteiger partial charge in [-0.15, -0.1) is 0 Å². The standard InChI is InChI=1S/C60H91N5O12/c1-10-43-34-44-24-17-22-39(6)52(77-60(44,9)63-55(43)71)35-50(69)37(4)20-13-11-14-21-38(5)51-28-16-12-15-27-49(68)41(8)54(70)46(30-29-40(7)66)56(72)62-53(36(2)3)57(73)61-48(33-42-23-18-25-45(67)32-42)58(74)65-31-19-26-47(64-65)59(75)76-51/h11-12,14-16,18,21,23,25,27,32,36-37,39,41,43-44,46-54,64,67-70H,10,13,17,19-20,22,24,26,28-31,33-35H2,1-9H3,(H,61,73)(H,62,72)(H,63,71)/b14-11+,16-12+,27-15+,38-21+/t37-,39+,41-,43-,44-,46+,47?,48-,49-,50-,51-,52-,53-,54+,60-/m0/s1. The van der Waals surface area contributed by atoms with Crippen molar-refractivity contribution >= 4 is 35.4 Å². The minimum atomic E-state index is -1.43. The fraction of sp³-hybridized carbons (Fsp3) is 0.667. The van der Waals surface area contributed by atoms with Crippen molar-refractivity contribution in [2.45, 2.75) is 207 Å². The van der Waals surface area contributed by atoms with Crippen molar-refractivity contribution in [3.63, 3.8) is 0 Å². The number of aliphatic hydroxyl groups excluding tert-OH is 3. The van der Waals surface area contributed by atoms with E-state index in [1.54, 1.807) is 51.1 Å². The lowest BCUT2D eigenvalue weighted by molar-refractivity contribution is -0.193. The normalized spacial score (nSPS) is 33.4. The van der Waals surface area contributed by atoms with Crippen LogP contribution < -0.4 is 21.4 Å². The van der Waals surface area contributed by atoms with Gasteiger partial charge in [0.05, 0.1) is 30.3 Å². The zero-order valence-corrected chi connectivity index (χ0v) is 47.1. The van der Waals surface area contributed by atoms with Gasteiger partial charge in [-0.25, -0.2) is 5.43 Å². The first-order valence-electron chi connectivity index (χ1n) is 28.4. The Kier molecular flexibility index (Phi) is 24.1. The second-order valence-corrected chi connectivity index (χ2v) is 23.0. The predicted molar refractivity (Wildman–Crippen MR) is 294 cm³/mol. The zero-order valence-electron chi connectivity index (χ0n) is 47.1. The number of phenols is 1. The van der Waals surface area contributed by atoms with Gasteiger partial charge in [0.1, 0.15) is 41.5 Å². The lowest BCUT2D eigenvalue weighted by Crippen LogP contribution is -2.62. The van der Waals surface area contributed by atoms with Crippen molar-refractivity contribution in [3.8, 4) is 5.75 Å². The van der Waals surface area contributed by atoms with Crippen LogP contribution in [0.3, 0.4) is 0 Å². The molecule has 428 valence electrons. The maximum atomic E-state index is 14.5. The number of piperidine rings is 1. The molecular weight excluding hydrogens is 983 g/mol. The molecule has 5 rings (SSSR count). The van der Waals surface area contributed by atoms with Crippen LogP contribution in [0.4, 0.5) is 0 Å². The number of amides is 4. The number of ketones is 1. The number of aliphatic hydroxyl groups is 3. The van der Waals surface area contributed by atoms with E-state index in [1.807, 2.05) is 39.0 Å². The highest BCUT2D eigenvalue weighted by atomic mass is 16.5. The smallest absolute Gasteiger partial charge is 0.325 e. The Morgan fingerprint density at radius 2 is 1.73 bits per heavy atom. The molecule has 8 N–H and O–H groups in total. The molecule has 4 heterocycles. The maximum Gasteiger partial charge on any atom is 0.325 e. The number of allylic oxidation sites excluding steroid dienone is 5. The Hall–Kier alpha value is -5.20. The number of carbonyl (C=O) groups excluding carboxylic acids is 6. The van der Waals surface area contributed by atoms with Crippen LogP contribution in [0.15, 0.2) is 72.4 Å². The molecule has 4 aliphatic heterocycles. The molecule has 15 atom stereocenters. The van der Waals surface area contributed by atoms with Crippen molar-refractivity contribution < 1.29 is 58.7 Å². The first-order valence-corrected chi connectivity index (χ1v) is 28.4. The molecule has 3 fully saturated rings. The van der Waals surface area contributed by atoms with Gasteiger partial charge in [-0.3, -0.25) is 29.0 Å². The number of hydrogen-bond acceptors (Lipinski definition) is 13. The summed E-state index contributed by atoms with van der Waals surface area (Å²) in [4.78, 5) is 82.0. The van der Waals surface area contributed by atoms with Crippen LogP contribution in [-0.4, -0.2) is 122 Å². The fourth-order valence-electron chi connectivity index (χ4n) is 11.1. The van der Waals surface area contributed by atoms with E-state index in [2.05, 4.69) is 35.2 Å². The summed E-state index contributed by atoms with van der Waals surface area (Å²) in [5, 5.41) is 54.8. The van der Waals surface area contributed by atoms with Gasteiger partial charge in [-0.2, -0.15) is 0 Å². The number of fused-ring (bicyclic) bond motifs is 3. The highest BCUT2D eigenvalue weighted by molar-refractivity contribution is 5.93. The number of hydrazine groups is 1. The van der Waals surface area contributed by atoms with Gasteiger partial charge in [-0.05, 0) is 120 Å². The van der Waals surface area contributed by atoms with E-state index in [0.29, 0.717) is 37.7 Å². The zero-order chi connectivity index (χ0) is 56.6. The minimum Gasteiger partial charge on any atom is -0.508 e. The number of Topliss-reactive ketones (excluding diaryl/α,β-unsaturated/α-hetero) is 1. The van der Waals surface area contributed by atoms with E-state index < -0.39 is 89.7 Å². The van der Waals surface area contributed by atoms with Gasteiger partial charge in [0.15, 0.2) is 0 Å². The number of hydrogen-bond donors (Lipinski definition) is 8. The third kappa shape index (κ3) is 18.2. The summed E-state index contributed by atoms with van der Waals surface area (Å²) >= 11 is 0. The third-order valence-electron chi connectivity index (χ3n) is 16.5. The molecule has 3 saturated heterocycles. The molecule has 17 nitrogen and oxygen atoms in total. The number of nitrogens with one attached hydrogen (secondary N) is 4. The number of cyclic esters (lactones) is 1. The SMILES string of the molecule is CC[C@H]1C[C@@H]2CCC[C@@H](C)[C@H](C[C@H](O)[C@@H](C)CC/C=C/C=C(\C)[C@@H]3C/C=C/C=C/[C@H](O)[C@H](C)[C@@H](O)[C@@H](CCC(C)=O)C(=O)N[C@@H](C(C)C)C(=O)N[C@@H](Cc4cccc(O)c4)C(=O)N4CCCC(N4)C(=O)O3)O[C@]2(C)NC1=O. The molecule has 0 aromatic heterocycles. The maximum absolute atomic E-state index is 14.5. The van der Waals surface area contributed by atoms with Crippen LogP contribution in [0.1, 0.15) is 151 Å². The van der Waals surface area contributed by atoms with Gasteiger partial charge < -0.3 is 50.6 Å². The summed E-state index contributed by atoms with van der Waals surface area (Å²) < 4.78 is 13.0. The molecule has 1 unspecified atom stereocenters. The molecule has 0 radical (unpaired) electrons. The molecule has 0 saturated carbocycles. The third-order valence-corrected chi connectivity index (χ3v) is 16.5. The summed E-state index contributed by atoms with van der Waals surface area (Å²) in [6.45, 7) is 16.7. The first-order chi connectivity index (χ1) is 36.5. The van der Waals surface area contributed by atoms with Crippen molar-refractivity contribution in [1.29, 1.82) is 0 Å². The Morgan fingerprint density at radius 3 is 2.43 bits per heavy atom. The van der Waals surface area contributed by atoms with Crippen LogP contribution >= 0.6 is 0 Å². The van der Waals surface area contributed by atoms with Gasteiger partial charge in [0, 0.05) is 50.0 Å². The van der Waals surface area contributed by atoms with E-state index in [0.717, 1.165) is 37.7 Å². The Balaban J connectivity index is 1.34. The van der Waals surface area contributed by atoms with Crippen molar-refractivity contribution in [1.82, 2.24) is 26.4 Å².